The van der Waals surface area contributed by atoms with Gasteiger partial charge in [-0.15, -0.1) is 0 Å². The van der Waals surface area contributed by atoms with Crippen LogP contribution in [-0.2, 0) is 6.54 Å². The first kappa shape index (κ1) is 9.95. The van der Waals surface area contributed by atoms with Gasteiger partial charge in [0.15, 0.2) is 0 Å². The van der Waals surface area contributed by atoms with Crippen LogP contribution in [0.1, 0.15) is 31.2 Å². The molecule has 1 aliphatic carbocycles. The van der Waals surface area contributed by atoms with Crippen LogP contribution in [0.3, 0.4) is 0 Å². The molecule has 1 saturated carbocycles. The van der Waals surface area contributed by atoms with E-state index in [4.69, 9.17) is 16.6 Å². The van der Waals surface area contributed by atoms with Gasteiger partial charge in [0.05, 0.1) is 5.69 Å². The maximum Gasteiger partial charge on any atom is 0.109 e. The first-order valence-corrected chi connectivity index (χ1v) is 6.83. The van der Waals surface area contributed by atoms with Crippen molar-refractivity contribution in [3.05, 3.63) is 28.8 Å². The Balaban J connectivity index is 1.82. The smallest absolute Gasteiger partial charge is 0.109 e. The highest BCUT2D eigenvalue weighted by molar-refractivity contribution is 6.30. The molecule has 2 nitrogen and oxygen atoms in total. The number of nitrogens with zero attached hydrogens (tertiary/aromatic N) is 2. The van der Waals surface area contributed by atoms with Gasteiger partial charge in [0.1, 0.15) is 5.84 Å². The number of benzene rings is 1. The summed E-state index contributed by atoms with van der Waals surface area (Å²) >= 11 is 6.05. The van der Waals surface area contributed by atoms with E-state index in [0.717, 1.165) is 23.3 Å². The third-order valence-corrected chi connectivity index (χ3v) is 4.60. The van der Waals surface area contributed by atoms with Crippen molar-refractivity contribution in [2.75, 3.05) is 0 Å². The lowest BCUT2D eigenvalue weighted by atomic mass is 9.90. The second-order valence-electron chi connectivity index (χ2n) is 5.39. The van der Waals surface area contributed by atoms with Gasteiger partial charge in [-0.1, -0.05) is 24.1 Å². The first-order chi connectivity index (χ1) is 8.31. The van der Waals surface area contributed by atoms with E-state index in [1.54, 1.807) is 0 Å². The summed E-state index contributed by atoms with van der Waals surface area (Å²) in [5, 5.41) is 0.794. The topological polar surface area (TPSA) is 15.6 Å². The van der Waals surface area contributed by atoms with Crippen molar-refractivity contribution in [2.45, 2.75) is 38.3 Å². The van der Waals surface area contributed by atoms with Crippen molar-refractivity contribution in [3.8, 4) is 0 Å². The van der Waals surface area contributed by atoms with Gasteiger partial charge in [0, 0.05) is 23.5 Å². The molecule has 88 valence electrons. The van der Waals surface area contributed by atoms with Crippen LogP contribution in [0.25, 0.3) is 0 Å². The summed E-state index contributed by atoms with van der Waals surface area (Å²) in [4.78, 5) is 7.40. The first-order valence-electron chi connectivity index (χ1n) is 6.45. The monoisotopic (exact) mass is 246 g/mol. The van der Waals surface area contributed by atoms with Crippen LogP contribution in [0.2, 0.25) is 5.02 Å². The molecule has 1 aromatic carbocycles. The number of amidine groups is 1. The van der Waals surface area contributed by atoms with Crippen LogP contribution in [0.4, 0.5) is 5.69 Å². The second-order valence-corrected chi connectivity index (χ2v) is 5.82. The van der Waals surface area contributed by atoms with E-state index in [0.29, 0.717) is 5.92 Å². The highest BCUT2D eigenvalue weighted by atomic mass is 35.5. The van der Waals surface area contributed by atoms with Gasteiger partial charge < -0.3 is 4.90 Å². The predicted octanol–water partition coefficient (Wildman–Crippen LogP) is 3.76. The SMILES string of the molecule is Clc1ccc2c(c1)N=C1C3CCCC(C3)N1C2. The molecule has 2 atom stereocenters. The van der Waals surface area contributed by atoms with Crippen molar-refractivity contribution in [1.82, 2.24) is 4.90 Å². The highest BCUT2D eigenvalue weighted by Crippen LogP contribution is 2.42. The number of halogens is 1. The fraction of sp³-hybridized carbons (Fsp3) is 0.500. The molecule has 2 unspecified atom stereocenters. The van der Waals surface area contributed by atoms with E-state index in [1.165, 1.54) is 37.1 Å². The van der Waals surface area contributed by atoms with E-state index < -0.39 is 0 Å². The predicted molar refractivity (Wildman–Crippen MR) is 69.8 cm³/mol. The minimum Gasteiger partial charge on any atom is -0.352 e. The lowest BCUT2D eigenvalue weighted by Gasteiger charge is -2.30. The van der Waals surface area contributed by atoms with Crippen molar-refractivity contribution in [3.63, 3.8) is 0 Å². The van der Waals surface area contributed by atoms with Gasteiger partial charge in [-0.3, -0.25) is 0 Å². The number of aliphatic imine (C=N–C) groups is 1. The van der Waals surface area contributed by atoms with Gasteiger partial charge in [0.25, 0.3) is 0 Å². The van der Waals surface area contributed by atoms with Gasteiger partial charge in [0.2, 0.25) is 0 Å². The molecule has 2 fully saturated rings. The van der Waals surface area contributed by atoms with E-state index in [1.807, 2.05) is 12.1 Å². The van der Waals surface area contributed by atoms with Crippen LogP contribution in [0, 0.1) is 5.92 Å². The zero-order valence-corrected chi connectivity index (χ0v) is 10.5. The molecule has 17 heavy (non-hydrogen) atoms. The Morgan fingerprint density at radius 2 is 2.24 bits per heavy atom. The average molecular weight is 247 g/mol. The normalized spacial score (nSPS) is 29.7. The molecular formula is C14H15ClN2. The van der Waals surface area contributed by atoms with Crippen LogP contribution in [0.5, 0.6) is 0 Å². The molecule has 2 aliphatic heterocycles. The lowest BCUT2D eigenvalue weighted by Crippen LogP contribution is -2.34. The highest BCUT2D eigenvalue weighted by Gasteiger charge is 2.41. The molecule has 0 amide bonds. The van der Waals surface area contributed by atoms with E-state index >= 15 is 0 Å². The van der Waals surface area contributed by atoms with Gasteiger partial charge in [-0.25, -0.2) is 4.99 Å². The second kappa shape index (κ2) is 3.49. The molecular weight excluding hydrogens is 232 g/mol. The number of fused-ring (bicyclic) bond motifs is 6. The molecule has 3 heteroatoms. The molecule has 1 saturated heterocycles. The van der Waals surface area contributed by atoms with Crippen molar-refractivity contribution in [2.24, 2.45) is 10.9 Å². The molecule has 0 aromatic heterocycles. The van der Waals surface area contributed by atoms with E-state index in [9.17, 15) is 0 Å². The maximum absolute atomic E-state index is 6.05. The molecule has 2 heterocycles. The number of hydrogen-bond donors (Lipinski definition) is 0. The van der Waals surface area contributed by atoms with Gasteiger partial charge in [-0.2, -0.15) is 0 Å². The summed E-state index contributed by atoms with van der Waals surface area (Å²) in [7, 11) is 0. The van der Waals surface area contributed by atoms with Crippen molar-refractivity contribution in [1.29, 1.82) is 0 Å². The van der Waals surface area contributed by atoms with Crippen molar-refractivity contribution >= 4 is 23.1 Å². The Kier molecular flexibility index (Phi) is 2.04. The molecule has 4 rings (SSSR count). The Bertz CT molecular complexity index is 509. The Morgan fingerprint density at radius 1 is 1.29 bits per heavy atom. The number of rotatable bonds is 0. The van der Waals surface area contributed by atoms with Crippen molar-refractivity contribution < 1.29 is 0 Å². The van der Waals surface area contributed by atoms with Crippen LogP contribution in [0.15, 0.2) is 23.2 Å². The average Bonchev–Trinajstić information content (AvgIpc) is 2.59. The van der Waals surface area contributed by atoms with Crippen LogP contribution < -0.4 is 0 Å². The largest absolute Gasteiger partial charge is 0.352 e. The summed E-state index contributed by atoms with van der Waals surface area (Å²) < 4.78 is 0. The summed E-state index contributed by atoms with van der Waals surface area (Å²) in [6, 6.07) is 6.85. The summed E-state index contributed by atoms with van der Waals surface area (Å²) in [6.07, 6.45) is 5.35. The quantitative estimate of drug-likeness (QED) is 0.681. The third kappa shape index (κ3) is 1.43. The molecule has 0 radical (unpaired) electrons. The zero-order valence-electron chi connectivity index (χ0n) is 9.69. The van der Waals surface area contributed by atoms with Crippen LogP contribution >= 0.6 is 11.6 Å². The molecule has 0 spiro atoms. The minimum atomic E-state index is 0.709. The summed E-state index contributed by atoms with van der Waals surface area (Å²) in [5.41, 5.74) is 2.42. The number of hydrogen-bond acceptors (Lipinski definition) is 2. The third-order valence-electron chi connectivity index (χ3n) is 4.37. The van der Waals surface area contributed by atoms with Gasteiger partial charge >= 0.3 is 0 Å². The van der Waals surface area contributed by atoms with Gasteiger partial charge in [-0.05, 0) is 37.0 Å². The standard InChI is InChI=1S/C14H15ClN2/c15-11-5-4-10-8-17-12-3-1-2-9(6-12)14(17)16-13(10)7-11/h4-5,7,9,12H,1-3,6,8H2. The zero-order chi connectivity index (χ0) is 11.4. The Labute approximate surface area is 106 Å². The van der Waals surface area contributed by atoms with E-state index in [2.05, 4.69) is 11.0 Å². The summed E-state index contributed by atoms with van der Waals surface area (Å²) in [6.45, 7) is 1.03. The lowest BCUT2D eigenvalue weighted by molar-refractivity contribution is 0.282. The fourth-order valence-electron chi connectivity index (χ4n) is 3.55. The Morgan fingerprint density at radius 3 is 3.18 bits per heavy atom. The Hall–Kier alpha value is -1.02. The fourth-order valence-corrected chi connectivity index (χ4v) is 3.72. The molecule has 2 bridgehead atoms. The molecule has 1 aromatic rings. The van der Waals surface area contributed by atoms with Crippen LogP contribution in [-0.4, -0.2) is 16.8 Å². The summed E-state index contributed by atoms with van der Waals surface area (Å²) in [5.74, 6) is 2.04. The molecule has 3 aliphatic rings. The minimum absolute atomic E-state index is 0.709. The maximum atomic E-state index is 6.05. The van der Waals surface area contributed by atoms with E-state index in [-0.39, 0.29) is 0 Å². The molecule has 0 N–H and O–H groups in total.